The summed E-state index contributed by atoms with van der Waals surface area (Å²) in [6, 6.07) is 22.8. The van der Waals surface area contributed by atoms with Crippen molar-refractivity contribution in [3.8, 4) is 0 Å². The molecule has 0 bridgehead atoms. The van der Waals surface area contributed by atoms with Gasteiger partial charge in [0.15, 0.2) is 0 Å². The average Bonchev–Trinajstić information content (AvgIpc) is 2.71. The third-order valence-electron chi connectivity index (χ3n) is 4.24. The fraction of sp³-hybridized carbons (Fsp3) is 0.174. The molecule has 0 aliphatic carbocycles. The first-order valence-electron chi connectivity index (χ1n) is 9.19. The molecule has 0 unspecified atom stereocenters. The second-order valence-electron chi connectivity index (χ2n) is 7.53. The summed E-state index contributed by atoms with van der Waals surface area (Å²) in [4.78, 5) is 0. The van der Waals surface area contributed by atoms with Crippen molar-refractivity contribution in [3.63, 3.8) is 0 Å². The molecule has 0 saturated carbocycles. The van der Waals surface area contributed by atoms with Crippen LogP contribution in [0.2, 0.25) is 10.0 Å². The van der Waals surface area contributed by atoms with Crippen LogP contribution in [0.5, 0.6) is 0 Å². The van der Waals surface area contributed by atoms with Gasteiger partial charge in [0.05, 0.1) is 16.4 Å². The predicted octanol–water partition coefficient (Wildman–Crippen LogP) is 7.85. The highest BCUT2D eigenvalue weighted by Gasteiger charge is 2.14. The summed E-state index contributed by atoms with van der Waals surface area (Å²) < 4.78 is 0. The summed E-state index contributed by atoms with van der Waals surface area (Å²) >= 11 is 12.3. The number of anilines is 1. The van der Waals surface area contributed by atoms with Crippen molar-refractivity contribution in [1.29, 1.82) is 0 Å². The lowest BCUT2D eigenvalue weighted by molar-refractivity contribution is 0.590. The molecule has 3 aromatic carbocycles. The molecular formula is C23H22Cl2N4. The van der Waals surface area contributed by atoms with Gasteiger partial charge >= 0.3 is 0 Å². The Balaban J connectivity index is 1.95. The van der Waals surface area contributed by atoms with Crippen LogP contribution >= 0.6 is 23.2 Å². The number of halogens is 2. The molecule has 1 N–H and O–H groups in total. The fourth-order valence-corrected chi connectivity index (χ4v) is 2.89. The van der Waals surface area contributed by atoms with Gasteiger partial charge in [0.1, 0.15) is 0 Å². The lowest BCUT2D eigenvalue weighted by Gasteiger charge is -2.19. The quantitative estimate of drug-likeness (QED) is 0.197. The maximum absolute atomic E-state index is 6.23. The Bertz CT molecular complexity index is 1020. The lowest BCUT2D eigenvalue weighted by Crippen LogP contribution is -2.11. The van der Waals surface area contributed by atoms with E-state index in [1.54, 1.807) is 18.2 Å². The Kier molecular flexibility index (Phi) is 6.68. The van der Waals surface area contributed by atoms with Gasteiger partial charge in [-0.1, -0.05) is 86.4 Å². The number of amidine groups is 1. The average molecular weight is 425 g/mol. The minimum atomic E-state index is 0.0634. The number of azo groups is 1. The van der Waals surface area contributed by atoms with Gasteiger partial charge in [0.25, 0.3) is 0 Å². The van der Waals surface area contributed by atoms with Gasteiger partial charge in [0, 0.05) is 10.6 Å². The van der Waals surface area contributed by atoms with Gasteiger partial charge in [-0.15, -0.1) is 10.2 Å². The maximum Gasteiger partial charge on any atom is 0.201 e. The van der Waals surface area contributed by atoms with E-state index in [4.69, 9.17) is 23.2 Å². The van der Waals surface area contributed by atoms with Crippen LogP contribution in [-0.2, 0) is 5.41 Å². The zero-order valence-electron chi connectivity index (χ0n) is 16.5. The molecule has 0 radical (unpaired) electrons. The highest BCUT2D eigenvalue weighted by atomic mass is 35.5. The topological polar surface area (TPSA) is 49.1 Å². The Morgan fingerprint density at radius 2 is 1.55 bits per heavy atom. The predicted molar refractivity (Wildman–Crippen MR) is 123 cm³/mol. The molecule has 0 aliphatic rings. The maximum atomic E-state index is 6.23. The lowest BCUT2D eigenvalue weighted by atomic mass is 9.87. The minimum Gasteiger partial charge on any atom is -0.275 e. The largest absolute Gasteiger partial charge is 0.275 e. The van der Waals surface area contributed by atoms with E-state index < -0.39 is 0 Å². The Labute approximate surface area is 181 Å². The number of benzene rings is 3. The van der Waals surface area contributed by atoms with E-state index in [-0.39, 0.29) is 5.41 Å². The molecule has 3 rings (SSSR count). The van der Waals surface area contributed by atoms with Gasteiger partial charge in [0.2, 0.25) is 5.84 Å². The van der Waals surface area contributed by atoms with Crippen molar-refractivity contribution in [2.75, 3.05) is 5.43 Å². The molecular weight excluding hydrogens is 403 g/mol. The van der Waals surface area contributed by atoms with Crippen molar-refractivity contribution < 1.29 is 0 Å². The monoisotopic (exact) mass is 424 g/mol. The van der Waals surface area contributed by atoms with E-state index in [0.29, 0.717) is 21.6 Å². The molecule has 0 spiro atoms. The molecule has 0 heterocycles. The summed E-state index contributed by atoms with van der Waals surface area (Å²) in [6.07, 6.45) is 0. The van der Waals surface area contributed by atoms with Crippen LogP contribution in [0.1, 0.15) is 31.9 Å². The first-order chi connectivity index (χ1) is 13.8. The van der Waals surface area contributed by atoms with Crippen LogP contribution in [0.15, 0.2) is 88.1 Å². The second-order valence-corrected chi connectivity index (χ2v) is 8.38. The molecule has 0 atom stereocenters. The van der Waals surface area contributed by atoms with E-state index in [0.717, 1.165) is 11.3 Å². The van der Waals surface area contributed by atoms with Gasteiger partial charge in [-0.05, 0) is 41.3 Å². The van der Waals surface area contributed by atoms with Crippen LogP contribution in [-0.4, -0.2) is 5.84 Å². The third kappa shape index (κ3) is 5.89. The van der Waals surface area contributed by atoms with Crippen LogP contribution in [0.4, 0.5) is 11.4 Å². The zero-order valence-corrected chi connectivity index (χ0v) is 18.0. The van der Waals surface area contributed by atoms with Crippen LogP contribution in [0.3, 0.4) is 0 Å². The van der Waals surface area contributed by atoms with E-state index in [1.165, 1.54) is 5.56 Å². The summed E-state index contributed by atoms with van der Waals surface area (Å²) in [5.41, 5.74) is 6.42. The van der Waals surface area contributed by atoms with Crippen molar-refractivity contribution in [1.82, 2.24) is 0 Å². The van der Waals surface area contributed by atoms with Gasteiger partial charge in [-0.25, -0.2) is 0 Å². The summed E-state index contributed by atoms with van der Waals surface area (Å²) in [5.74, 6) is 0.436. The Morgan fingerprint density at radius 1 is 0.862 bits per heavy atom. The third-order valence-corrected chi connectivity index (χ3v) is 4.80. The van der Waals surface area contributed by atoms with Crippen LogP contribution in [0, 0.1) is 0 Å². The molecule has 0 amide bonds. The number of hydrogen-bond acceptors (Lipinski definition) is 3. The van der Waals surface area contributed by atoms with Gasteiger partial charge in [-0.3, -0.25) is 5.43 Å². The van der Waals surface area contributed by atoms with Crippen LogP contribution < -0.4 is 5.43 Å². The number of nitrogens with one attached hydrogen (secondary N) is 1. The highest BCUT2D eigenvalue weighted by molar-refractivity contribution is 6.35. The summed E-state index contributed by atoms with van der Waals surface area (Å²) in [5, 5.41) is 14.2. The van der Waals surface area contributed by atoms with Crippen molar-refractivity contribution >= 4 is 40.4 Å². The molecule has 0 aromatic heterocycles. The Hall–Kier alpha value is -2.69. The standard InChI is InChI=1S/C23H22Cl2N4/c1-23(2,3)17-11-9-16(10-12-17)22(28-26-19-7-5-4-6-8-19)29-27-21-15-18(24)13-14-20(21)25/h4-15,27H,1-3H3/b28-26+,29-22-. The second kappa shape index (κ2) is 9.21. The smallest absolute Gasteiger partial charge is 0.201 e. The Morgan fingerprint density at radius 3 is 2.21 bits per heavy atom. The van der Waals surface area contributed by atoms with E-state index >= 15 is 0 Å². The molecule has 0 saturated heterocycles. The van der Waals surface area contributed by atoms with Crippen LogP contribution in [0.25, 0.3) is 0 Å². The number of hydrogen-bond donors (Lipinski definition) is 1. The van der Waals surface area contributed by atoms with Gasteiger partial charge in [-0.2, -0.15) is 5.10 Å². The minimum absolute atomic E-state index is 0.0634. The molecule has 6 heteroatoms. The molecule has 0 fully saturated rings. The highest BCUT2D eigenvalue weighted by Crippen LogP contribution is 2.26. The first-order valence-corrected chi connectivity index (χ1v) is 9.95. The molecule has 4 nitrogen and oxygen atoms in total. The number of nitrogens with zero attached hydrogens (tertiary/aromatic N) is 3. The molecule has 29 heavy (non-hydrogen) atoms. The van der Waals surface area contributed by atoms with Crippen molar-refractivity contribution in [2.24, 2.45) is 15.3 Å². The first kappa shape index (κ1) is 21.0. The fourth-order valence-electron chi connectivity index (χ4n) is 2.56. The SMILES string of the molecule is CC(C)(C)c1ccc(C(=N/Nc2cc(Cl)ccc2Cl)/N=N/c2ccccc2)cc1. The van der Waals surface area contributed by atoms with Crippen molar-refractivity contribution in [2.45, 2.75) is 26.2 Å². The van der Waals surface area contributed by atoms with Crippen molar-refractivity contribution in [3.05, 3.63) is 94.0 Å². The molecule has 3 aromatic rings. The summed E-state index contributed by atoms with van der Waals surface area (Å²) in [6.45, 7) is 6.53. The van der Waals surface area contributed by atoms with E-state index in [2.05, 4.69) is 53.7 Å². The number of rotatable bonds is 4. The zero-order chi connectivity index (χ0) is 20.9. The number of hydrazone groups is 1. The normalized spacial score (nSPS) is 12.4. The van der Waals surface area contributed by atoms with Gasteiger partial charge < -0.3 is 0 Å². The van der Waals surface area contributed by atoms with E-state index in [9.17, 15) is 0 Å². The molecule has 0 aliphatic heterocycles. The molecule has 148 valence electrons. The van der Waals surface area contributed by atoms with E-state index in [1.807, 2.05) is 42.5 Å². The summed E-state index contributed by atoms with van der Waals surface area (Å²) in [7, 11) is 0.